The Kier molecular flexibility index (Phi) is 4.92. The molecule has 1 rings (SSSR count). The van der Waals surface area contributed by atoms with Crippen LogP contribution in [0.2, 0.25) is 5.02 Å². The average molecular weight is 340 g/mol. The summed E-state index contributed by atoms with van der Waals surface area (Å²) in [6.07, 6.45) is 0. The van der Waals surface area contributed by atoms with Crippen LogP contribution in [0.25, 0.3) is 0 Å². The number of halogens is 3. The minimum atomic E-state index is -1.17. The number of benzene rings is 1. The third kappa shape index (κ3) is 3.85. The zero-order valence-corrected chi connectivity index (χ0v) is 11.5. The molecule has 0 aromatic heterocycles. The smallest absolute Gasteiger partial charge is 0.325 e. The van der Waals surface area contributed by atoms with Crippen LogP contribution in [0.15, 0.2) is 16.6 Å². The molecular weight excluding hydrogens is 330 g/mol. The number of carboxylic acids is 1. The molecule has 0 fully saturated rings. The van der Waals surface area contributed by atoms with E-state index >= 15 is 0 Å². The van der Waals surface area contributed by atoms with Crippen LogP contribution in [-0.2, 0) is 4.79 Å². The van der Waals surface area contributed by atoms with Gasteiger partial charge in [-0.1, -0.05) is 11.6 Å². The Morgan fingerprint density at radius 3 is 2.61 bits per heavy atom. The van der Waals surface area contributed by atoms with Crippen LogP contribution in [0.5, 0.6) is 0 Å². The van der Waals surface area contributed by atoms with Crippen molar-refractivity contribution in [3.05, 3.63) is 27.4 Å². The van der Waals surface area contributed by atoms with E-state index in [2.05, 4.69) is 26.6 Å². The quantitative estimate of drug-likeness (QED) is 0.792. The molecule has 0 heterocycles. The van der Waals surface area contributed by atoms with Crippen LogP contribution >= 0.6 is 27.5 Å². The third-order valence-corrected chi connectivity index (χ3v) is 2.89. The lowest BCUT2D eigenvalue weighted by atomic mass is 10.3. The molecule has 0 saturated heterocycles. The summed E-state index contributed by atoms with van der Waals surface area (Å²) in [7, 11) is 0. The number of carbonyl (C=O) groups is 2. The number of hydrogen-bond donors (Lipinski definition) is 3. The zero-order valence-electron chi connectivity index (χ0n) is 9.13. The molecular formula is C10H9BrClFN2O3. The van der Waals surface area contributed by atoms with E-state index in [0.717, 1.165) is 12.1 Å². The summed E-state index contributed by atoms with van der Waals surface area (Å²) < 4.78 is 13.2. The van der Waals surface area contributed by atoms with Gasteiger partial charge in [0, 0.05) is 4.47 Å². The van der Waals surface area contributed by atoms with Crippen molar-refractivity contribution in [1.29, 1.82) is 0 Å². The van der Waals surface area contributed by atoms with Gasteiger partial charge in [0.05, 0.1) is 10.7 Å². The molecule has 98 valence electrons. The molecule has 1 atom stereocenters. The van der Waals surface area contributed by atoms with Gasteiger partial charge in [-0.3, -0.25) is 4.79 Å². The predicted molar refractivity (Wildman–Crippen MR) is 68.4 cm³/mol. The lowest BCUT2D eigenvalue weighted by molar-refractivity contribution is -0.138. The Balaban J connectivity index is 2.80. The fourth-order valence-electron chi connectivity index (χ4n) is 1.07. The standard InChI is InChI=1S/C10H9BrClFN2O3/c1-4(9(16)17)14-10(18)15-8-6(11)2-5(13)3-7(8)12/h2-4H,1H3,(H,16,17)(H2,14,15,18). The normalized spacial score (nSPS) is 11.8. The number of carbonyl (C=O) groups excluding carboxylic acids is 1. The molecule has 0 radical (unpaired) electrons. The maximum absolute atomic E-state index is 12.9. The summed E-state index contributed by atoms with van der Waals surface area (Å²) in [6.45, 7) is 1.31. The highest BCUT2D eigenvalue weighted by Crippen LogP contribution is 2.31. The Morgan fingerprint density at radius 1 is 1.50 bits per heavy atom. The molecule has 1 aromatic carbocycles. The Labute approximate surface area is 115 Å². The molecule has 0 spiro atoms. The SMILES string of the molecule is CC(NC(=O)Nc1c(Cl)cc(F)cc1Br)C(=O)O. The van der Waals surface area contributed by atoms with Gasteiger partial charge in [-0.15, -0.1) is 0 Å². The van der Waals surface area contributed by atoms with Crippen LogP contribution in [-0.4, -0.2) is 23.1 Å². The highest BCUT2D eigenvalue weighted by molar-refractivity contribution is 9.10. The maximum Gasteiger partial charge on any atom is 0.325 e. The minimum Gasteiger partial charge on any atom is -0.480 e. The first-order chi connectivity index (χ1) is 8.31. The van der Waals surface area contributed by atoms with Crippen LogP contribution in [0.4, 0.5) is 14.9 Å². The van der Waals surface area contributed by atoms with Gasteiger partial charge in [0.1, 0.15) is 11.9 Å². The highest BCUT2D eigenvalue weighted by atomic mass is 79.9. The predicted octanol–water partition coefficient (Wildman–Crippen LogP) is 2.84. The zero-order chi connectivity index (χ0) is 13.9. The van der Waals surface area contributed by atoms with Crippen molar-refractivity contribution in [2.45, 2.75) is 13.0 Å². The fraction of sp³-hybridized carbons (Fsp3) is 0.200. The topological polar surface area (TPSA) is 78.4 Å². The van der Waals surface area contributed by atoms with Gasteiger partial charge in [-0.05, 0) is 35.0 Å². The Hall–Kier alpha value is -1.34. The van der Waals surface area contributed by atoms with Crippen LogP contribution in [0, 0.1) is 5.82 Å². The first-order valence-corrected chi connectivity index (χ1v) is 5.93. The number of rotatable bonds is 3. The molecule has 1 unspecified atom stereocenters. The van der Waals surface area contributed by atoms with Gasteiger partial charge in [0.25, 0.3) is 0 Å². The first-order valence-electron chi connectivity index (χ1n) is 4.76. The Bertz CT molecular complexity index is 475. The molecule has 8 heteroatoms. The van der Waals surface area contributed by atoms with Gasteiger partial charge in [-0.2, -0.15) is 0 Å². The number of amides is 2. The monoisotopic (exact) mass is 338 g/mol. The summed E-state index contributed by atoms with van der Waals surface area (Å²) in [6, 6.07) is 0.354. The molecule has 0 aliphatic rings. The van der Waals surface area contributed by atoms with E-state index in [4.69, 9.17) is 16.7 Å². The van der Waals surface area contributed by atoms with Crippen molar-refractivity contribution >= 4 is 45.2 Å². The van der Waals surface area contributed by atoms with Crippen molar-refractivity contribution in [2.75, 3.05) is 5.32 Å². The summed E-state index contributed by atoms with van der Waals surface area (Å²) in [4.78, 5) is 22.0. The van der Waals surface area contributed by atoms with E-state index in [0.29, 0.717) is 0 Å². The maximum atomic E-state index is 12.9. The van der Waals surface area contributed by atoms with Crippen molar-refractivity contribution in [1.82, 2.24) is 5.32 Å². The van der Waals surface area contributed by atoms with Crippen LogP contribution in [0.1, 0.15) is 6.92 Å². The first kappa shape index (κ1) is 14.7. The second-order valence-electron chi connectivity index (χ2n) is 3.40. The molecule has 0 aliphatic heterocycles. The summed E-state index contributed by atoms with van der Waals surface area (Å²) in [5.74, 6) is -1.73. The molecule has 2 amide bonds. The fourth-order valence-corrected chi connectivity index (χ4v) is 1.97. The van der Waals surface area contributed by atoms with Crippen molar-refractivity contribution in [3.63, 3.8) is 0 Å². The molecule has 0 bridgehead atoms. The van der Waals surface area contributed by atoms with Crippen molar-refractivity contribution < 1.29 is 19.1 Å². The lowest BCUT2D eigenvalue weighted by Crippen LogP contribution is -2.40. The molecule has 0 aliphatic carbocycles. The van der Waals surface area contributed by atoms with E-state index in [1.165, 1.54) is 6.92 Å². The molecule has 18 heavy (non-hydrogen) atoms. The number of carboxylic acid groups (broad SMARTS) is 1. The summed E-state index contributed by atoms with van der Waals surface area (Å²) >= 11 is 8.79. The van der Waals surface area contributed by atoms with Crippen molar-refractivity contribution in [2.24, 2.45) is 0 Å². The van der Waals surface area contributed by atoms with Crippen LogP contribution in [0.3, 0.4) is 0 Å². The van der Waals surface area contributed by atoms with Gasteiger partial charge >= 0.3 is 12.0 Å². The van der Waals surface area contributed by atoms with Crippen LogP contribution < -0.4 is 10.6 Å². The second kappa shape index (κ2) is 6.01. The number of aliphatic carboxylic acids is 1. The molecule has 0 saturated carbocycles. The Morgan fingerprint density at radius 2 is 2.11 bits per heavy atom. The number of nitrogens with one attached hydrogen (secondary N) is 2. The molecule has 3 N–H and O–H groups in total. The third-order valence-electron chi connectivity index (χ3n) is 1.96. The number of hydrogen-bond acceptors (Lipinski definition) is 2. The summed E-state index contributed by atoms with van der Waals surface area (Å²) in [5, 5.41) is 13.1. The molecule has 5 nitrogen and oxygen atoms in total. The van der Waals surface area contributed by atoms with E-state index in [1.807, 2.05) is 0 Å². The molecule has 1 aromatic rings. The second-order valence-corrected chi connectivity index (χ2v) is 4.66. The van der Waals surface area contributed by atoms with E-state index in [-0.39, 0.29) is 15.2 Å². The number of anilines is 1. The van der Waals surface area contributed by atoms with E-state index in [1.54, 1.807) is 0 Å². The summed E-state index contributed by atoms with van der Waals surface area (Å²) in [5.41, 5.74) is 0.160. The highest BCUT2D eigenvalue weighted by Gasteiger charge is 2.16. The minimum absolute atomic E-state index is 0.00000283. The van der Waals surface area contributed by atoms with E-state index < -0.39 is 23.9 Å². The average Bonchev–Trinajstić information content (AvgIpc) is 2.23. The number of urea groups is 1. The van der Waals surface area contributed by atoms with Gasteiger partial charge in [0.15, 0.2) is 0 Å². The van der Waals surface area contributed by atoms with E-state index in [9.17, 15) is 14.0 Å². The van der Waals surface area contributed by atoms with Gasteiger partial charge in [-0.25, -0.2) is 9.18 Å². The van der Waals surface area contributed by atoms with Crippen molar-refractivity contribution in [3.8, 4) is 0 Å². The largest absolute Gasteiger partial charge is 0.480 e. The van der Waals surface area contributed by atoms with Gasteiger partial charge < -0.3 is 15.7 Å². The van der Waals surface area contributed by atoms with Gasteiger partial charge in [0.2, 0.25) is 0 Å². The lowest BCUT2D eigenvalue weighted by Gasteiger charge is -2.13.